The Kier molecular flexibility index (Phi) is 5.52. The maximum absolute atomic E-state index is 4.82. The number of hydrogen-bond donors (Lipinski definition) is 0. The number of benzene rings is 1. The third-order valence-corrected chi connectivity index (χ3v) is 5.18. The highest BCUT2D eigenvalue weighted by atomic mass is 15.3. The zero-order valence-corrected chi connectivity index (χ0v) is 16.4. The lowest BCUT2D eigenvalue weighted by Gasteiger charge is -2.24. The van der Waals surface area contributed by atoms with Gasteiger partial charge in [0.1, 0.15) is 0 Å². The van der Waals surface area contributed by atoms with Gasteiger partial charge in [-0.25, -0.2) is 4.68 Å². The molecule has 4 nitrogen and oxygen atoms in total. The fourth-order valence-corrected chi connectivity index (χ4v) is 3.32. The number of aromatic nitrogens is 3. The molecule has 26 heavy (non-hydrogen) atoms. The van der Waals surface area contributed by atoms with Crippen LogP contribution in [0.4, 0.5) is 0 Å². The van der Waals surface area contributed by atoms with E-state index in [0.29, 0.717) is 6.04 Å². The van der Waals surface area contributed by atoms with Crippen LogP contribution in [-0.4, -0.2) is 32.8 Å². The van der Waals surface area contributed by atoms with E-state index in [0.717, 1.165) is 30.0 Å². The molecule has 0 unspecified atom stereocenters. The average Bonchev–Trinajstić information content (AvgIpc) is 2.91. The Labute approximate surface area is 156 Å². The van der Waals surface area contributed by atoms with Crippen molar-refractivity contribution in [3.05, 3.63) is 76.9 Å². The monoisotopic (exact) mass is 348 g/mol. The first-order valence-corrected chi connectivity index (χ1v) is 9.18. The van der Waals surface area contributed by atoms with Crippen LogP contribution in [0.25, 0.3) is 5.69 Å². The molecule has 0 aliphatic heterocycles. The fraction of sp³-hybridized carbons (Fsp3) is 0.364. The van der Waals surface area contributed by atoms with Crippen LogP contribution in [0, 0.1) is 20.8 Å². The molecule has 3 aromatic rings. The van der Waals surface area contributed by atoms with Gasteiger partial charge in [-0.2, -0.15) is 5.10 Å². The second-order valence-electron chi connectivity index (χ2n) is 7.14. The summed E-state index contributed by atoms with van der Waals surface area (Å²) in [6.07, 6.45) is 2.81. The van der Waals surface area contributed by atoms with Gasteiger partial charge in [0.05, 0.1) is 11.4 Å². The van der Waals surface area contributed by atoms with Crippen molar-refractivity contribution in [3.63, 3.8) is 0 Å². The Morgan fingerprint density at radius 3 is 2.46 bits per heavy atom. The predicted octanol–water partition coefficient (Wildman–Crippen LogP) is 4.26. The van der Waals surface area contributed by atoms with Gasteiger partial charge in [-0.1, -0.05) is 24.3 Å². The Hall–Kier alpha value is -2.46. The van der Waals surface area contributed by atoms with Crippen LogP contribution in [0.3, 0.4) is 0 Å². The predicted molar refractivity (Wildman–Crippen MR) is 107 cm³/mol. The number of nitrogens with zero attached hydrogens (tertiary/aromatic N) is 4. The molecule has 0 saturated carbocycles. The summed E-state index contributed by atoms with van der Waals surface area (Å²) in [5.74, 6) is 0. The molecule has 2 heterocycles. The SMILES string of the molecule is Cc1ccccc1-n1nc(C)c(CN(C)[C@@H](C)Cc2ccccn2)c1C. The van der Waals surface area contributed by atoms with Crippen molar-refractivity contribution in [1.82, 2.24) is 19.7 Å². The zero-order chi connectivity index (χ0) is 18.7. The quantitative estimate of drug-likeness (QED) is 0.667. The first kappa shape index (κ1) is 18.3. The second-order valence-corrected chi connectivity index (χ2v) is 7.14. The summed E-state index contributed by atoms with van der Waals surface area (Å²) in [5.41, 5.74) is 7.15. The minimum Gasteiger partial charge on any atom is -0.299 e. The molecule has 0 radical (unpaired) electrons. The van der Waals surface area contributed by atoms with Crippen molar-refractivity contribution in [1.29, 1.82) is 0 Å². The van der Waals surface area contributed by atoms with Gasteiger partial charge in [-0.3, -0.25) is 9.88 Å². The fourth-order valence-electron chi connectivity index (χ4n) is 3.32. The van der Waals surface area contributed by atoms with E-state index in [1.165, 1.54) is 16.8 Å². The summed E-state index contributed by atoms with van der Waals surface area (Å²) in [6.45, 7) is 9.54. The topological polar surface area (TPSA) is 34.0 Å². The van der Waals surface area contributed by atoms with Crippen LogP contribution in [0.2, 0.25) is 0 Å². The highest BCUT2D eigenvalue weighted by Crippen LogP contribution is 2.22. The van der Waals surface area contributed by atoms with Crippen molar-refractivity contribution in [2.24, 2.45) is 0 Å². The van der Waals surface area contributed by atoms with Gasteiger partial charge in [0, 0.05) is 42.2 Å². The van der Waals surface area contributed by atoms with Crippen LogP contribution < -0.4 is 0 Å². The molecule has 0 spiro atoms. The van der Waals surface area contributed by atoms with E-state index in [4.69, 9.17) is 5.10 Å². The van der Waals surface area contributed by atoms with Crippen molar-refractivity contribution in [2.75, 3.05) is 7.05 Å². The van der Waals surface area contributed by atoms with E-state index in [1.54, 1.807) is 0 Å². The number of aryl methyl sites for hydroxylation is 2. The number of rotatable bonds is 6. The Morgan fingerprint density at radius 2 is 1.77 bits per heavy atom. The van der Waals surface area contributed by atoms with Gasteiger partial charge in [0.15, 0.2) is 0 Å². The van der Waals surface area contributed by atoms with Crippen molar-refractivity contribution < 1.29 is 0 Å². The molecule has 136 valence electrons. The van der Waals surface area contributed by atoms with E-state index in [1.807, 2.05) is 12.3 Å². The lowest BCUT2D eigenvalue weighted by molar-refractivity contribution is 0.246. The highest BCUT2D eigenvalue weighted by molar-refractivity contribution is 5.42. The normalized spacial score (nSPS) is 12.5. The van der Waals surface area contributed by atoms with Gasteiger partial charge in [0.25, 0.3) is 0 Å². The average molecular weight is 348 g/mol. The maximum Gasteiger partial charge on any atom is 0.0678 e. The molecule has 4 heteroatoms. The summed E-state index contributed by atoms with van der Waals surface area (Å²) in [5, 5.41) is 4.82. The number of likely N-dealkylation sites (N-methyl/N-ethyl adjacent to an activating group) is 1. The number of pyridine rings is 1. The van der Waals surface area contributed by atoms with Crippen molar-refractivity contribution >= 4 is 0 Å². The van der Waals surface area contributed by atoms with Crippen LogP contribution in [0.1, 0.15) is 35.1 Å². The molecule has 0 aliphatic rings. The van der Waals surface area contributed by atoms with E-state index < -0.39 is 0 Å². The van der Waals surface area contributed by atoms with Crippen molar-refractivity contribution in [3.8, 4) is 5.69 Å². The molecule has 3 rings (SSSR count). The van der Waals surface area contributed by atoms with Gasteiger partial charge in [-0.05, 0) is 58.5 Å². The largest absolute Gasteiger partial charge is 0.299 e. The van der Waals surface area contributed by atoms with Gasteiger partial charge < -0.3 is 0 Å². The Morgan fingerprint density at radius 1 is 1.04 bits per heavy atom. The lowest BCUT2D eigenvalue weighted by atomic mass is 10.1. The Bertz CT molecular complexity index is 867. The summed E-state index contributed by atoms with van der Waals surface area (Å²) in [7, 11) is 2.18. The molecule has 0 fully saturated rings. The summed E-state index contributed by atoms with van der Waals surface area (Å²) in [6, 6.07) is 14.9. The molecule has 0 saturated heterocycles. The molecule has 2 aromatic heterocycles. The first-order chi connectivity index (χ1) is 12.5. The van der Waals surface area contributed by atoms with Crippen LogP contribution in [-0.2, 0) is 13.0 Å². The molecule has 0 bridgehead atoms. The van der Waals surface area contributed by atoms with Crippen molar-refractivity contribution in [2.45, 2.75) is 46.7 Å². The third kappa shape index (κ3) is 3.86. The Balaban J connectivity index is 1.79. The first-order valence-electron chi connectivity index (χ1n) is 9.18. The smallest absolute Gasteiger partial charge is 0.0678 e. The number of hydrogen-bond acceptors (Lipinski definition) is 3. The maximum atomic E-state index is 4.82. The van der Waals surface area contributed by atoms with Crippen LogP contribution in [0.15, 0.2) is 48.7 Å². The molecular weight excluding hydrogens is 320 g/mol. The third-order valence-electron chi connectivity index (χ3n) is 5.18. The van der Waals surface area contributed by atoms with Crippen LogP contribution >= 0.6 is 0 Å². The summed E-state index contributed by atoms with van der Waals surface area (Å²) in [4.78, 5) is 6.84. The van der Waals surface area contributed by atoms with E-state index >= 15 is 0 Å². The molecule has 0 amide bonds. The standard InChI is InChI=1S/C22H28N4/c1-16-10-6-7-12-22(16)26-19(4)21(18(3)24-26)15-25(5)17(2)14-20-11-8-9-13-23-20/h6-13,17H,14-15H2,1-5H3/t17-/m0/s1. The van der Waals surface area contributed by atoms with E-state index in [-0.39, 0.29) is 0 Å². The molecule has 0 N–H and O–H groups in total. The molecule has 1 aromatic carbocycles. The minimum absolute atomic E-state index is 0.408. The van der Waals surface area contributed by atoms with Gasteiger partial charge >= 0.3 is 0 Å². The molecule has 0 aliphatic carbocycles. The lowest BCUT2D eigenvalue weighted by Crippen LogP contribution is -2.31. The van der Waals surface area contributed by atoms with Gasteiger partial charge in [0.2, 0.25) is 0 Å². The number of para-hydroxylation sites is 1. The van der Waals surface area contributed by atoms with Crippen LogP contribution in [0.5, 0.6) is 0 Å². The highest BCUT2D eigenvalue weighted by Gasteiger charge is 2.18. The summed E-state index contributed by atoms with van der Waals surface area (Å²) >= 11 is 0. The minimum atomic E-state index is 0.408. The van der Waals surface area contributed by atoms with E-state index in [2.05, 4.69) is 85.7 Å². The zero-order valence-electron chi connectivity index (χ0n) is 16.4. The van der Waals surface area contributed by atoms with E-state index in [9.17, 15) is 0 Å². The second kappa shape index (κ2) is 7.83. The molecule has 1 atom stereocenters. The summed E-state index contributed by atoms with van der Waals surface area (Å²) < 4.78 is 2.08. The van der Waals surface area contributed by atoms with Gasteiger partial charge in [-0.15, -0.1) is 0 Å². The molecular formula is C22H28N4.